The van der Waals surface area contributed by atoms with Crippen LogP contribution in [0.5, 0.6) is 0 Å². The van der Waals surface area contributed by atoms with Crippen LogP contribution in [0, 0.1) is 13.8 Å². The van der Waals surface area contributed by atoms with E-state index in [1.807, 2.05) is 73.9 Å². The molecule has 0 unspecified atom stereocenters. The fourth-order valence-electron chi connectivity index (χ4n) is 4.01. The third-order valence-electron chi connectivity index (χ3n) is 5.58. The lowest BCUT2D eigenvalue weighted by Gasteiger charge is -2.18. The van der Waals surface area contributed by atoms with E-state index in [2.05, 4.69) is 10.4 Å². The average molecular weight is 435 g/mol. The molecule has 0 aliphatic carbocycles. The monoisotopic (exact) mass is 434 g/mol. The van der Waals surface area contributed by atoms with Gasteiger partial charge in [0.2, 0.25) is 5.91 Å². The molecule has 4 aromatic rings. The summed E-state index contributed by atoms with van der Waals surface area (Å²) in [5.74, 6) is -0.136. The fraction of sp³-hybridized carbons (Fsp3) is 0.208. The highest BCUT2D eigenvalue weighted by Crippen LogP contribution is 2.26. The third kappa shape index (κ3) is 3.86. The first-order chi connectivity index (χ1) is 14.9. The van der Waals surface area contributed by atoms with E-state index in [-0.39, 0.29) is 11.5 Å². The molecule has 1 atom stereocenters. The average Bonchev–Trinajstić information content (AvgIpc) is 3.03. The zero-order valence-corrected chi connectivity index (χ0v) is 18.3. The van der Waals surface area contributed by atoms with Gasteiger partial charge in [0, 0.05) is 28.3 Å². The lowest BCUT2D eigenvalue weighted by Crippen LogP contribution is -2.31. The van der Waals surface area contributed by atoms with Gasteiger partial charge < -0.3 is 9.88 Å². The van der Waals surface area contributed by atoms with Crippen molar-refractivity contribution in [1.29, 1.82) is 0 Å². The van der Waals surface area contributed by atoms with E-state index >= 15 is 0 Å². The van der Waals surface area contributed by atoms with E-state index in [1.54, 1.807) is 12.3 Å². The van der Waals surface area contributed by atoms with Crippen molar-refractivity contribution in [2.75, 3.05) is 0 Å². The minimum atomic E-state index is -0.490. The van der Waals surface area contributed by atoms with Gasteiger partial charge in [-0.25, -0.2) is 0 Å². The fourth-order valence-corrected chi connectivity index (χ4v) is 4.23. The molecule has 2 heterocycles. The van der Waals surface area contributed by atoms with Gasteiger partial charge in [0.25, 0.3) is 5.56 Å². The molecular weight excluding hydrogens is 412 g/mol. The number of carbonyl (C=O) groups is 1. The minimum Gasteiger partial charge on any atom is -0.350 e. The molecule has 1 amide bonds. The van der Waals surface area contributed by atoms with Gasteiger partial charge in [0.1, 0.15) is 6.04 Å². The van der Waals surface area contributed by atoms with Crippen molar-refractivity contribution in [3.8, 4) is 5.69 Å². The number of hydrogen-bond donors (Lipinski definition) is 1. The number of rotatable bonds is 5. The molecule has 7 heteroatoms. The number of hydrogen-bond acceptors (Lipinski definition) is 3. The Hall–Kier alpha value is -3.38. The van der Waals surface area contributed by atoms with E-state index in [9.17, 15) is 9.59 Å². The maximum Gasteiger partial charge on any atom is 0.281 e. The highest BCUT2D eigenvalue weighted by molar-refractivity contribution is 6.30. The standard InChI is InChI=1S/C24H23ClN4O2/c1-15-21-14-27-29(20-10-5-4-6-11-20)24(31)22(21)16(2)28(15)17(3)23(30)26-13-18-8-7-9-19(25)12-18/h4-12,14,17H,13H2,1-3H3,(H,26,30)/t17-/m0/s1. The molecule has 4 rings (SSSR count). The van der Waals surface area contributed by atoms with Gasteiger partial charge in [-0.15, -0.1) is 0 Å². The molecule has 6 nitrogen and oxygen atoms in total. The highest BCUT2D eigenvalue weighted by Gasteiger charge is 2.23. The second kappa shape index (κ2) is 8.40. The van der Waals surface area contributed by atoms with E-state index < -0.39 is 6.04 Å². The number of fused-ring (bicyclic) bond motifs is 1. The Morgan fingerprint density at radius 1 is 1.10 bits per heavy atom. The largest absolute Gasteiger partial charge is 0.350 e. The SMILES string of the molecule is Cc1c2cnn(-c3ccccc3)c(=O)c2c(C)n1[C@@H](C)C(=O)NCc1cccc(Cl)c1. The normalized spacial score (nSPS) is 12.1. The van der Waals surface area contributed by atoms with Crippen molar-refractivity contribution >= 4 is 28.3 Å². The van der Waals surface area contributed by atoms with Crippen LogP contribution in [0.2, 0.25) is 5.02 Å². The number of benzene rings is 2. The van der Waals surface area contributed by atoms with Crippen LogP contribution in [0.4, 0.5) is 0 Å². The highest BCUT2D eigenvalue weighted by atomic mass is 35.5. The molecule has 0 saturated carbocycles. The number of aryl methyl sites for hydroxylation is 2. The smallest absolute Gasteiger partial charge is 0.281 e. The zero-order chi connectivity index (χ0) is 22.1. The Morgan fingerprint density at radius 2 is 1.84 bits per heavy atom. The van der Waals surface area contributed by atoms with Crippen LogP contribution in [-0.2, 0) is 11.3 Å². The number of para-hydroxylation sites is 1. The van der Waals surface area contributed by atoms with Crippen LogP contribution in [-0.4, -0.2) is 20.3 Å². The quantitative estimate of drug-likeness (QED) is 0.508. The van der Waals surface area contributed by atoms with Gasteiger partial charge in [-0.1, -0.05) is 41.9 Å². The summed E-state index contributed by atoms with van der Waals surface area (Å²) in [7, 11) is 0. The summed E-state index contributed by atoms with van der Waals surface area (Å²) >= 11 is 6.02. The van der Waals surface area contributed by atoms with Crippen molar-refractivity contribution in [1.82, 2.24) is 19.7 Å². The number of amides is 1. The molecule has 0 saturated heterocycles. The Morgan fingerprint density at radius 3 is 2.55 bits per heavy atom. The van der Waals surface area contributed by atoms with E-state index in [0.717, 1.165) is 22.3 Å². The number of nitrogens with zero attached hydrogens (tertiary/aromatic N) is 3. The van der Waals surface area contributed by atoms with Crippen LogP contribution < -0.4 is 10.9 Å². The molecule has 0 bridgehead atoms. The van der Waals surface area contributed by atoms with Gasteiger partial charge >= 0.3 is 0 Å². The second-order valence-corrected chi connectivity index (χ2v) is 7.99. The summed E-state index contributed by atoms with van der Waals surface area (Å²) in [5, 5.41) is 9.27. The lowest BCUT2D eigenvalue weighted by molar-refractivity contribution is -0.124. The molecule has 0 aliphatic heterocycles. The van der Waals surface area contributed by atoms with Crippen LogP contribution in [0.3, 0.4) is 0 Å². The van der Waals surface area contributed by atoms with E-state index in [1.165, 1.54) is 4.68 Å². The Labute approximate surface area is 185 Å². The molecule has 0 aliphatic rings. The second-order valence-electron chi connectivity index (χ2n) is 7.55. The molecule has 0 spiro atoms. The maximum atomic E-state index is 13.2. The summed E-state index contributed by atoms with van der Waals surface area (Å²) < 4.78 is 3.29. The number of carbonyl (C=O) groups excluding carboxylic acids is 1. The summed E-state index contributed by atoms with van der Waals surface area (Å²) in [4.78, 5) is 26.1. The molecule has 1 N–H and O–H groups in total. The summed E-state index contributed by atoms with van der Waals surface area (Å²) in [6.07, 6.45) is 1.69. The van der Waals surface area contributed by atoms with Crippen molar-refractivity contribution in [2.45, 2.75) is 33.4 Å². The minimum absolute atomic E-state index is 0.136. The maximum absolute atomic E-state index is 13.2. The Kier molecular flexibility index (Phi) is 5.65. The van der Waals surface area contributed by atoms with Gasteiger partial charge in [-0.3, -0.25) is 9.59 Å². The van der Waals surface area contributed by atoms with Crippen LogP contribution >= 0.6 is 11.6 Å². The van der Waals surface area contributed by atoms with Gasteiger partial charge in [-0.2, -0.15) is 9.78 Å². The van der Waals surface area contributed by atoms with Crippen molar-refractivity contribution in [2.24, 2.45) is 0 Å². The topological polar surface area (TPSA) is 68.9 Å². The molecule has 2 aromatic carbocycles. The third-order valence-corrected chi connectivity index (χ3v) is 5.81. The molecular formula is C24H23ClN4O2. The lowest BCUT2D eigenvalue weighted by atomic mass is 10.2. The van der Waals surface area contributed by atoms with Crippen molar-refractivity contribution in [3.63, 3.8) is 0 Å². The van der Waals surface area contributed by atoms with Gasteiger partial charge in [0.05, 0.1) is 17.3 Å². The van der Waals surface area contributed by atoms with E-state index in [4.69, 9.17) is 11.6 Å². The van der Waals surface area contributed by atoms with Crippen LogP contribution in [0.15, 0.2) is 65.6 Å². The number of halogens is 1. The van der Waals surface area contributed by atoms with Crippen molar-refractivity contribution in [3.05, 3.63) is 93.1 Å². The summed E-state index contributed by atoms with van der Waals surface area (Å²) in [6.45, 7) is 5.98. The zero-order valence-electron chi connectivity index (χ0n) is 17.6. The molecule has 0 fully saturated rings. The molecule has 158 valence electrons. The van der Waals surface area contributed by atoms with Gasteiger partial charge in [0.15, 0.2) is 0 Å². The van der Waals surface area contributed by atoms with E-state index in [0.29, 0.717) is 22.6 Å². The Bertz CT molecular complexity index is 1320. The summed E-state index contributed by atoms with van der Waals surface area (Å²) in [6, 6.07) is 16.2. The predicted octanol–water partition coefficient (Wildman–Crippen LogP) is 4.33. The van der Waals surface area contributed by atoms with Gasteiger partial charge in [-0.05, 0) is 50.6 Å². The Balaban J connectivity index is 1.68. The van der Waals surface area contributed by atoms with Crippen molar-refractivity contribution < 1.29 is 4.79 Å². The first kappa shape index (κ1) is 20.9. The number of nitrogens with one attached hydrogen (secondary N) is 1. The number of aromatic nitrogens is 3. The molecule has 0 radical (unpaired) electrons. The molecule has 2 aromatic heterocycles. The first-order valence-corrected chi connectivity index (χ1v) is 10.4. The first-order valence-electron chi connectivity index (χ1n) is 10.1. The van der Waals surface area contributed by atoms with Crippen LogP contribution in [0.25, 0.3) is 16.5 Å². The van der Waals surface area contributed by atoms with Crippen LogP contribution in [0.1, 0.15) is 29.9 Å². The summed E-state index contributed by atoms with van der Waals surface area (Å²) in [5.41, 5.74) is 3.01. The molecule has 31 heavy (non-hydrogen) atoms. The predicted molar refractivity (Wildman–Crippen MR) is 123 cm³/mol.